The molecule has 5 atom stereocenters. The van der Waals surface area contributed by atoms with Gasteiger partial charge < -0.3 is 24.3 Å². The summed E-state index contributed by atoms with van der Waals surface area (Å²) >= 11 is 0. The van der Waals surface area contributed by atoms with Crippen LogP contribution in [0.5, 0.6) is 0 Å². The molecule has 0 aliphatic carbocycles. The maximum Gasteiger partial charge on any atom is 0.490 e. The van der Waals surface area contributed by atoms with E-state index in [9.17, 15) is 18.6 Å². The number of hydrogen-bond acceptors (Lipinski definition) is 9. The van der Waals surface area contributed by atoms with E-state index < -0.39 is 42.3 Å². The molecule has 0 spiro atoms. The zero-order chi connectivity index (χ0) is 17.2. The maximum atomic E-state index is 11.5. The van der Waals surface area contributed by atoms with Gasteiger partial charge in [-0.3, -0.25) is 9.36 Å². The summed E-state index contributed by atoms with van der Waals surface area (Å²) in [6, 6.07) is -0.261. The third-order valence-corrected chi connectivity index (χ3v) is 6.18. The fourth-order valence-electron chi connectivity index (χ4n) is 1.68. The third kappa shape index (κ3) is 7.28. The van der Waals surface area contributed by atoms with Gasteiger partial charge in [-0.05, 0) is 6.42 Å². The monoisotopic (exact) mass is 385 g/mol. The Morgan fingerprint density at radius 2 is 1.73 bits per heavy atom. The van der Waals surface area contributed by atoms with Gasteiger partial charge in [-0.2, -0.15) is 8.62 Å². The van der Waals surface area contributed by atoms with Crippen molar-refractivity contribution in [2.24, 2.45) is 5.90 Å². The molecule has 0 radical (unpaired) electrons. The lowest BCUT2D eigenvalue weighted by Gasteiger charge is -2.20. The summed E-state index contributed by atoms with van der Waals surface area (Å²) in [5, 5.41) is 0. The van der Waals surface area contributed by atoms with Gasteiger partial charge in [0.05, 0.1) is 6.61 Å². The fraction of sp³-hybridized carbons (Fsp3) is 1.00. The molecule has 0 saturated carbocycles. The minimum atomic E-state index is -5.53. The maximum absolute atomic E-state index is 11.5. The molecule has 1 aliphatic heterocycles. The minimum absolute atomic E-state index is 0.261. The van der Waals surface area contributed by atoms with Gasteiger partial charge in [0.15, 0.2) is 0 Å². The van der Waals surface area contributed by atoms with Crippen LogP contribution in [0.15, 0.2) is 0 Å². The zero-order valence-corrected chi connectivity index (χ0v) is 13.8. The molecule has 0 aromatic heterocycles. The lowest BCUT2D eigenvalue weighted by Crippen LogP contribution is -2.31. The first-order valence-electron chi connectivity index (χ1n) is 5.63. The molecule has 22 heavy (non-hydrogen) atoms. The summed E-state index contributed by atoms with van der Waals surface area (Å²) in [6.45, 7) is -0.587. The van der Waals surface area contributed by atoms with Crippen molar-refractivity contribution in [1.82, 2.24) is 0 Å². The second-order valence-corrected chi connectivity index (χ2v) is 8.70. The molecular formula is C5H15BNO12P3. The number of nitrogens with two attached hydrogens (primary N) is 1. The van der Waals surface area contributed by atoms with Crippen molar-refractivity contribution >= 4 is 31.3 Å². The number of ether oxygens (including phenoxy) is 1. The number of hydrogen-bond donors (Lipinski definition) is 5. The molecule has 1 heterocycles. The van der Waals surface area contributed by atoms with Gasteiger partial charge in [0.2, 0.25) is 0 Å². The van der Waals surface area contributed by atoms with Crippen molar-refractivity contribution in [3.05, 3.63) is 0 Å². The molecule has 6 N–H and O–H groups in total. The number of rotatable bonds is 8. The Balaban J connectivity index is 2.59. The average molecular weight is 385 g/mol. The molecule has 0 bridgehead atoms. The summed E-state index contributed by atoms with van der Waals surface area (Å²) in [5.74, 6) is 5.01. The molecule has 1 fully saturated rings. The van der Waals surface area contributed by atoms with Crippen LogP contribution in [0.4, 0.5) is 0 Å². The zero-order valence-electron chi connectivity index (χ0n) is 11.1. The number of phosphoric acid groups is 3. The van der Waals surface area contributed by atoms with Crippen LogP contribution >= 0.6 is 23.5 Å². The molecule has 130 valence electrons. The Bertz CT molecular complexity index is 523. The van der Waals surface area contributed by atoms with Gasteiger partial charge in [0, 0.05) is 6.00 Å². The average Bonchev–Trinajstić information content (AvgIpc) is 2.62. The Kier molecular flexibility index (Phi) is 6.95. The smallest absolute Gasteiger partial charge is 0.379 e. The predicted octanol–water partition coefficient (Wildman–Crippen LogP) is -1.66. The van der Waals surface area contributed by atoms with Crippen LogP contribution in [0.25, 0.3) is 0 Å². The normalized spacial score (nSPS) is 31.6. The topological polar surface area (TPSA) is 204 Å². The second-order valence-electron chi connectivity index (χ2n) is 4.28. The summed E-state index contributed by atoms with van der Waals surface area (Å²) in [5.41, 5.74) is 0. The lowest BCUT2D eigenvalue weighted by molar-refractivity contribution is -0.0375. The van der Waals surface area contributed by atoms with Crippen LogP contribution < -0.4 is 5.90 Å². The van der Waals surface area contributed by atoms with E-state index in [0.29, 0.717) is 6.42 Å². The minimum Gasteiger partial charge on any atom is -0.379 e. The van der Waals surface area contributed by atoms with Gasteiger partial charge in [0.1, 0.15) is 20.1 Å². The Morgan fingerprint density at radius 3 is 2.23 bits per heavy atom. The van der Waals surface area contributed by atoms with Gasteiger partial charge in [-0.25, -0.2) is 19.6 Å². The van der Waals surface area contributed by atoms with Crippen molar-refractivity contribution in [2.75, 3.05) is 6.61 Å². The molecule has 0 aromatic carbocycles. The fourth-order valence-corrected chi connectivity index (χ4v) is 4.71. The quantitative estimate of drug-likeness (QED) is 0.180. The SMILES string of the molecule is B[C@H]1C[C@@H](ON)C(COP(=O)(O)OP(=O)(O)OP(=O)(O)O)O1. The summed E-state index contributed by atoms with van der Waals surface area (Å²) in [4.78, 5) is 39.5. The highest BCUT2D eigenvalue weighted by Gasteiger charge is 2.42. The number of phosphoric ester groups is 1. The Morgan fingerprint density at radius 1 is 1.14 bits per heavy atom. The van der Waals surface area contributed by atoms with E-state index in [4.69, 9.17) is 25.3 Å². The van der Waals surface area contributed by atoms with E-state index in [0.717, 1.165) is 0 Å². The van der Waals surface area contributed by atoms with Crippen LogP contribution in [-0.4, -0.2) is 52.2 Å². The van der Waals surface area contributed by atoms with E-state index in [-0.39, 0.29) is 6.00 Å². The van der Waals surface area contributed by atoms with Crippen LogP contribution in [0, 0.1) is 0 Å². The lowest BCUT2D eigenvalue weighted by atomic mass is 9.96. The van der Waals surface area contributed by atoms with Crippen molar-refractivity contribution < 1.29 is 56.0 Å². The Hall–Kier alpha value is 0.355. The highest BCUT2D eigenvalue weighted by Crippen LogP contribution is 2.66. The molecule has 17 heteroatoms. The van der Waals surface area contributed by atoms with Gasteiger partial charge >= 0.3 is 23.5 Å². The van der Waals surface area contributed by atoms with E-state index in [1.54, 1.807) is 7.85 Å². The van der Waals surface area contributed by atoms with Gasteiger partial charge in [-0.15, -0.1) is 0 Å². The van der Waals surface area contributed by atoms with Crippen LogP contribution in [0.1, 0.15) is 6.42 Å². The summed E-state index contributed by atoms with van der Waals surface area (Å²) in [7, 11) is -14.4. The highest BCUT2D eigenvalue weighted by atomic mass is 31.3. The largest absolute Gasteiger partial charge is 0.490 e. The van der Waals surface area contributed by atoms with Crippen molar-refractivity contribution in [2.45, 2.75) is 24.6 Å². The molecule has 0 amide bonds. The molecular weight excluding hydrogens is 370 g/mol. The van der Waals surface area contributed by atoms with E-state index in [1.807, 2.05) is 0 Å². The molecule has 0 aromatic rings. The van der Waals surface area contributed by atoms with Crippen molar-refractivity contribution in [3.63, 3.8) is 0 Å². The van der Waals surface area contributed by atoms with Gasteiger partial charge in [-0.1, -0.05) is 0 Å². The van der Waals surface area contributed by atoms with Gasteiger partial charge in [0.25, 0.3) is 0 Å². The van der Waals surface area contributed by atoms with E-state index >= 15 is 0 Å². The first kappa shape index (κ1) is 20.4. The predicted molar refractivity (Wildman–Crippen MR) is 70.7 cm³/mol. The Labute approximate surface area is 125 Å². The molecule has 1 saturated heterocycles. The van der Waals surface area contributed by atoms with Crippen molar-refractivity contribution in [1.29, 1.82) is 0 Å². The molecule has 3 unspecified atom stereocenters. The molecule has 13 nitrogen and oxygen atoms in total. The third-order valence-electron chi connectivity index (χ3n) is 2.38. The molecule has 1 rings (SSSR count). The van der Waals surface area contributed by atoms with Crippen LogP contribution in [0.3, 0.4) is 0 Å². The van der Waals surface area contributed by atoms with E-state index in [2.05, 4.69) is 18.0 Å². The van der Waals surface area contributed by atoms with E-state index in [1.165, 1.54) is 0 Å². The highest BCUT2D eigenvalue weighted by molar-refractivity contribution is 7.66. The standard InChI is InChI=1S/C5H15BNO12P3/c6-5-1-3(17-7)4(16-5)2-15-21(11,12)19-22(13,14)18-20(8,9)10/h3-5H,1-2,6-7H2,(H,11,12)(H,13,14)(H2,8,9,10)/t3-,4?,5-/m1/s1. The first-order chi connectivity index (χ1) is 9.84. The summed E-state index contributed by atoms with van der Waals surface area (Å²) in [6.07, 6.45) is -1.09. The molecule has 1 aliphatic rings. The summed E-state index contributed by atoms with van der Waals surface area (Å²) < 4.78 is 49.8. The van der Waals surface area contributed by atoms with Crippen molar-refractivity contribution in [3.8, 4) is 0 Å². The first-order valence-corrected chi connectivity index (χ1v) is 10.1. The second kappa shape index (κ2) is 7.50. The van der Waals surface area contributed by atoms with Crippen LogP contribution in [0.2, 0.25) is 0 Å². The van der Waals surface area contributed by atoms with Crippen LogP contribution in [-0.2, 0) is 36.4 Å².